The molecule has 0 fully saturated rings. The van der Waals surface area contributed by atoms with Gasteiger partial charge in [0.15, 0.2) is 0 Å². The Labute approximate surface area is 169 Å². The number of nitrogens with one attached hydrogen (secondary N) is 1. The number of nitrogens with zero attached hydrogens (tertiary/aromatic N) is 2. The van der Waals surface area contributed by atoms with E-state index in [0.717, 1.165) is 32.7 Å². The molecule has 144 valence electrons. The van der Waals surface area contributed by atoms with Crippen LogP contribution in [0.1, 0.15) is 21.6 Å². The molecular formula is C22H23N3O2S. The molecule has 1 N–H and O–H groups in total. The van der Waals surface area contributed by atoms with E-state index < -0.39 is 0 Å². The van der Waals surface area contributed by atoms with Gasteiger partial charge in [-0.3, -0.25) is 14.6 Å². The van der Waals surface area contributed by atoms with Crippen molar-refractivity contribution in [3.8, 4) is 0 Å². The van der Waals surface area contributed by atoms with Crippen LogP contribution in [0.3, 0.4) is 0 Å². The normalized spacial score (nSPS) is 10.7. The van der Waals surface area contributed by atoms with Crippen molar-refractivity contribution in [3.05, 3.63) is 65.4 Å². The smallest absolute Gasteiger partial charge is 0.254 e. The number of thioether (sulfide) groups is 1. The summed E-state index contributed by atoms with van der Waals surface area (Å²) >= 11 is 1.56. The van der Waals surface area contributed by atoms with Gasteiger partial charge in [0.25, 0.3) is 5.91 Å². The highest BCUT2D eigenvalue weighted by Crippen LogP contribution is 2.25. The van der Waals surface area contributed by atoms with Crippen LogP contribution in [0.25, 0.3) is 10.9 Å². The number of carbonyl (C=O) groups excluding carboxylic acids is 2. The highest BCUT2D eigenvalue weighted by Gasteiger charge is 2.19. The Balaban J connectivity index is 1.80. The molecule has 6 heteroatoms. The fourth-order valence-electron chi connectivity index (χ4n) is 3.08. The SMILES string of the molecule is CSc1ccccc1NC(=O)CN(C)C(=O)c1cc(C)nc2ccc(C)cc12. The molecule has 0 saturated heterocycles. The van der Waals surface area contributed by atoms with Gasteiger partial charge in [0.05, 0.1) is 23.3 Å². The van der Waals surface area contributed by atoms with Crippen molar-refractivity contribution in [2.75, 3.05) is 25.2 Å². The summed E-state index contributed by atoms with van der Waals surface area (Å²) in [6.07, 6.45) is 1.96. The molecule has 3 aromatic rings. The van der Waals surface area contributed by atoms with E-state index in [1.54, 1.807) is 24.9 Å². The molecule has 1 aromatic heterocycles. The molecule has 1 heterocycles. The van der Waals surface area contributed by atoms with Crippen molar-refractivity contribution in [1.29, 1.82) is 0 Å². The lowest BCUT2D eigenvalue weighted by Crippen LogP contribution is -2.35. The number of hydrogen-bond acceptors (Lipinski definition) is 4. The molecule has 2 amide bonds. The highest BCUT2D eigenvalue weighted by molar-refractivity contribution is 7.98. The molecule has 0 aliphatic rings. The molecule has 2 aromatic carbocycles. The third kappa shape index (κ3) is 4.34. The van der Waals surface area contributed by atoms with Gasteiger partial charge in [-0.1, -0.05) is 23.8 Å². The number of aryl methyl sites for hydroxylation is 2. The highest BCUT2D eigenvalue weighted by atomic mass is 32.2. The van der Waals surface area contributed by atoms with E-state index in [1.165, 1.54) is 4.90 Å². The van der Waals surface area contributed by atoms with Crippen molar-refractivity contribution in [3.63, 3.8) is 0 Å². The molecule has 28 heavy (non-hydrogen) atoms. The fourth-order valence-corrected chi connectivity index (χ4v) is 3.63. The predicted octanol–water partition coefficient (Wildman–Crippen LogP) is 4.28. The molecule has 5 nitrogen and oxygen atoms in total. The lowest BCUT2D eigenvalue weighted by atomic mass is 10.0. The zero-order valence-electron chi connectivity index (χ0n) is 16.4. The zero-order chi connectivity index (χ0) is 20.3. The predicted molar refractivity (Wildman–Crippen MR) is 115 cm³/mol. The Morgan fingerprint density at radius 3 is 2.61 bits per heavy atom. The van der Waals surface area contributed by atoms with Gasteiger partial charge in [0.1, 0.15) is 0 Å². The van der Waals surface area contributed by atoms with Gasteiger partial charge in [-0.15, -0.1) is 11.8 Å². The monoisotopic (exact) mass is 393 g/mol. The van der Waals surface area contributed by atoms with Gasteiger partial charge in [-0.2, -0.15) is 0 Å². The maximum absolute atomic E-state index is 13.0. The lowest BCUT2D eigenvalue weighted by molar-refractivity contribution is -0.116. The van der Waals surface area contributed by atoms with E-state index in [1.807, 2.05) is 62.6 Å². The average Bonchev–Trinajstić information content (AvgIpc) is 2.67. The van der Waals surface area contributed by atoms with Crippen molar-refractivity contribution in [2.24, 2.45) is 0 Å². The number of aromatic nitrogens is 1. The summed E-state index contributed by atoms with van der Waals surface area (Å²) < 4.78 is 0. The summed E-state index contributed by atoms with van der Waals surface area (Å²) in [6.45, 7) is 3.81. The molecule has 3 rings (SSSR count). The van der Waals surface area contributed by atoms with Crippen LogP contribution in [0, 0.1) is 13.8 Å². The Bertz CT molecular complexity index is 1050. The number of carbonyl (C=O) groups is 2. The van der Waals surface area contributed by atoms with E-state index in [9.17, 15) is 9.59 Å². The van der Waals surface area contributed by atoms with Crippen molar-refractivity contribution in [2.45, 2.75) is 18.7 Å². The molecule has 0 spiro atoms. The molecule has 0 radical (unpaired) electrons. The maximum Gasteiger partial charge on any atom is 0.254 e. The van der Waals surface area contributed by atoms with Crippen LogP contribution in [0.15, 0.2) is 53.4 Å². The van der Waals surface area contributed by atoms with Gasteiger partial charge >= 0.3 is 0 Å². The van der Waals surface area contributed by atoms with E-state index in [4.69, 9.17) is 0 Å². The largest absolute Gasteiger partial charge is 0.332 e. The lowest BCUT2D eigenvalue weighted by Gasteiger charge is -2.19. The summed E-state index contributed by atoms with van der Waals surface area (Å²) in [5.41, 5.74) is 3.92. The molecule has 0 unspecified atom stereocenters. The Hall–Kier alpha value is -2.86. The number of amides is 2. The standard InChI is InChI=1S/C22H23N3O2S/c1-14-9-10-18-16(11-14)17(12-15(2)23-18)22(27)25(3)13-21(26)24-19-7-5-6-8-20(19)28-4/h5-12H,13H2,1-4H3,(H,24,26). The minimum atomic E-state index is -0.233. The number of anilines is 1. The molecule has 0 atom stereocenters. The molecule has 0 aliphatic carbocycles. The number of rotatable bonds is 5. The minimum absolute atomic E-state index is 0.0315. The van der Waals surface area contributed by atoms with Crippen LogP contribution in [0.4, 0.5) is 5.69 Å². The van der Waals surface area contributed by atoms with E-state index in [0.29, 0.717) is 5.56 Å². The first-order valence-electron chi connectivity index (χ1n) is 8.95. The van der Waals surface area contributed by atoms with Gasteiger partial charge in [-0.05, 0) is 50.4 Å². The second kappa shape index (κ2) is 8.44. The number of fused-ring (bicyclic) bond motifs is 1. The quantitative estimate of drug-likeness (QED) is 0.657. The van der Waals surface area contributed by atoms with Crippen molar-refractivity contribution < 1.29 is 9.59 Å². The first kappa shape index (κ1) is 19.9. The average molecular weight is 394 g/mol. The number of pyridine rings is 1. The van der Waals surface area contributed by atoms with Crippen LogP contribution in [-0.4, -0.2) is 41.5 Å². The summed E-state index contributed by atoms with van der Waals surface area (Å²) in [4.78, 5) is 32.5. The van der Waals surface area contributed by atoms with Crippen molar-refractivity contribution in [1.82, 2.24) is 9.88 Å². The molecule has 0 saturated carbocycles. The Kier molecular flexibility index (Phi) is 5.99. The third-order valence-electron chi connectivity index (χ3n) is 4.43. The summed E-state index contributed by atoms with van der Waals surface area (Å²) in [7, 11) is 1.64. The topological polar surface area (TPSA) is 62.3 Å². The fraction of sp³-hybridized carbons (Fsp3) is 0.227. The number of para-hydroxylation sites is 1. The van der Waals surface area contributed by atoms with Gasteiger partial charge in [0, 0.05) is 23.0 Å². The third-order valence-corrected chi connectivity index (χ3v) is 5.23. The Morgan fingerprint density at radius 2 is 1.86 bits per heavy atom. The van der Waals surface area contributed by atoms with Crippen molar-refractivity contribution >= 4 is 40.2 Å². The molecular weight excluding hydrogens is 370 g/mol. The second-order valence-electron chi connectivity index (χ2n) is 6.74. The van der Waals surface area contributed by atoms with Crippen LogP contribution >= 0.6 is 11.8 Å². The van der Waals surface area contributed by atoms with E-state index >= 15 is 0 Å². The minimum Gasteiger partial charge on any atom is -0.332 e. The Morgan fingerprint density at radius 1 is 1.11 bits per heavy atom. The number of benzene rings is 2. The van der Waals surface area contributed by atoms with Crippen LogP contribution < -0.4 is 5.32 Å². The van der Waals surface area contributed by atoms with Gasteiger partial charge in [-0.25, -0.2) is 0 Å². The van der Waals surface area contributed by atoms with E-state index in [-0.39, 0.29) is 18.4 Å². The van der Waals surface area contributed by atoms with E-state index in [2.05, 4.69) is 10.3 Å². The molecule has 0 aliphatic heterocycles. The van der Waals surface area contributed by atoms with Gasteiger partial charge in [0.2, 0.25) is 5.91 Å². The summed E-state index contributed by atoms with van der Waals surface area (Å²) in [5, 5.41) is 3.69. The second-order valence-corrected chi connectivity index (χ2v) is 7.59. The first-order valence-corrected chi connectivity index (χ1v) is 10.2. The molecule has 0 bridgehead atoms. The maximum atomic E-state index is 13.0. The number of likely N-dealkylation sites (N-methyl/N-ethyl adjacent to an activating group) is 1. The van der Waals surface area contributed by atoms with Crippen LogP contribution in [-0.2, 0) is 4.79 Å². The zero-order valence-corrected chi connectivity index (χ0v) is 17.3. The van der Waals surface area contributed by atoms with Crippen LogP contribution in [0.5, 0.6) is 0 Å². The number of hydrogen-bond donors (Lipinski definition) is 1. The summed E-state index contributed by atoms with van der Waals surface area (Å²) in [6, 6.07) is 15.2. The summed E-state index contributed by atoms with van der Waals surface area (Å²) in [5.74, 6) is -0.432. The first-order chi connectivity index (χ1) is 13.4. The van der Waals surface area contributed by atoms with Crippen LogP contribution in [0.2, 0.25) is 0 Å². The van der Waals surface area contributed by atoms with Gasteiger partial charge < -0.3 is 10.2 Å².